The molecule has 0 saturated carbocycles. The van der Waals surface area contributed by atoms with Crippen molar-refractivity contribution in [2.45, 2.75) is 25.7 Å². The zero-order valence-electron chi connectivity index (χ0n) is 14.5. The van der Waals surface area contributed by atoms with Crippen molar-refractivity contribution in [2.24, 2.45) is 0 Å². The lowest BCUT2D eigenvalue weighted by atomic mass is 9.96. The number of aromatic amines is 1. The van der Waals surface area contributed by atoms with Crippen LogP contribution in [0.15, 0.2) is 29.1 Å². The Morgan fingerprint density at radius 3 is 2.69 bits per heavy atom. The van der Waals surface area contributed by atoms with Gasteiger partial charge < -0.3 is 9.72 Å². The SMILES string of the molecule is COc1ccc(/C=C/c2[nH]c3sc4c(c3c(=O)c2C#N)CCCC4)cc1. The number of methoxy groups -OCH3 is 1. The Balaban J connectivity index is 1.80. The molecule has 0 bridgehead atoms. The molecule has 0 spiro atoms. The van der Waals surface area contributed by atoms with Gasteiger partial charge in [-0.05, 0) is 55.0 Å². The average Bonchev–Trinajstić information content (AvgIpc) is 3.05. The Labute approximate surface area is 155 Å². The summed E-state index contributed by atoms with van der Waals surface area (Å²) in [5.74, 6) is 0.791. The minimum absolute atomic E-state index is 0.143. The van der Waals surface area contributed by atoms with E-state index in [1.54, 1.807) is 24.5 Å². The molecule has 26 heavy (non-hydrogen) atoms. The monoisotopic (exact) mass is 362 g/mol. The van der Waals surface area contributed by atoms with Crippen molar-refractivity contribution in [1.29, 1.82) is 5.26 Å². The number of pyridine rings is 1. The van der Waals surface area contributed by atoms with Gasteiger partial charge in [-0.25, -0.2) is 0 Å². The van der Waals surface area contributed by atoms with Crippen LogP contribution in [0.5, 0.6) is 5.75 Å². The van der Waals surface area contributed by atoms with Gasteiger partial charge >= 0.3 is 0 Å². The van der Waals surface area contributed by atoms with Crippen LogP contribution < -0.4 is 10.2 Å². The van der Waals surface area contributed by atoms with Gasteiger partial charge in [0.1, 0.15) is 22.2 Å². The average molecular weight is 362 g/mol. The lowest BCUT2D eigenvalue weighted by Gasteiger charge is -2.09. The highest BCUT2D eigenvalue weighted by Gasteiger charge is 2.21. The van der Waals surface area contributed by atoms with Crippen molar-refractivity contribution in [1.82, 2.24) is 4.98 Å². The largest absolute Gasteiger partial charge is 0.497 e. The van der Waals surface area contributed by atoms with Crippen LogP contribution in [0.1, 0.15) is 40.1 Å². The second-order valence-corrected chi connectivity index (χ2v) is 7.48. The van der Waals surface area contributed by atoms with Gasteiger partial charge in [0.15, 0.2) is 0 Å². The molecule has 3 aromatic rings. The molecule has 2 heterocycles. The molecule has 2 aromatic heterocycles. The van der Waals surface area contributed by atoms with Gasteiger partial charge in [-0.1, -0.05) is 18.2 Å². The second-order valence-electron chi connectivity index (χ2n) is 6.38. The summed E-state index contributed by atoms with van der Waals surface area (Å²) < 4.78 is 5.16. The van der Waals surface area contributed by atoms with Gasteiger partial charge in [-0.3, -0.25) is 4.79 Å². The molecular formula is C21H18N2O2S. The van der Waals surface area contributed by atoms with Crippen LogP contribution >= 0.6 is 11.3 Å². The van der Waals surface area contributed by atoms with Crippen molar-refractivity contribution in [3.05, 3.63) is 61.8 Å². The van der Waals surface area contributed by atoms with Crippen LogP contribution in [-0.2, 0) is 12.8 Å². The molecule has 4 rings (SSSR count). The molecule has 0 aliphatic heterocycles. The van der Waals surface area contributed by atoms with Crippen LogP contribution in [0, 0.1) is 11.3 Å². The smallest absolute Gasteiger partial charge is 0.208 e. The van der Waals surface area contributed by atoms with Crippen LogP contribution in [0.25, 0.3) is 22.4 Å². The normalized spacial score (nSPS) is 13.7. The van der Waals surface area contributed by atoms with Crippen LogP contribution in [0.2, 0.25) is 0 Å². The van der Waals surface area contributed by atoms with E-state index in [0.29, 0.717) is 5.69 Å². The highest BCUT2D eigenvalue weighted by molar-refractivity contribution is 7.18. The van der Waals surface area contributed by atoms with Crippen molar-refractivity contribution in [3.63, 3.8) is 0 Å². The number of benzene rings is 1. The molecule has 130 valence electrons. The Morgan fingerprint density at radius 1 is 1.19 bits per heavy atom. The first-order chi connectivity index (χ1) is 12.7. The molecule has 1 aliphatic rings. The van der Waals surface area contributed by atoms with E-state index in [9.17, 15) is 10.1 Å². The van der Waals surface area contributed by atoms with Gasteiger partial charge in [-0.2, -0.15) is 5.26 Å². The minimum Gasteiger partial charge on any atom is -0.497 e. The Kier molecular flexibility index (Phi) is 4.36. The number of hydrogen-bond acceptors (Lipinski definition) is 4. The molecule has 0 fully saturated rings. The molecule has 0 saturated heterocycles. The highest BCUT2D eigenvalue weighted by Crippen LogP contribution is 2.34. The van der Waals surface area contributed by atoms with Gasteiger partial charge in [0.2, 0.25) is 5.43 Å². The Bertz CT molecular complexity index is 1100. The van der Waals surface area contributed by atoms with Crippen molar-refractivity contribution in [2.75, 3.05) is 7.11 Å². The molecule has 0 radical (unpaired) electrons. The number of aromatic nitrogens is 1. The first-order valence-corrected chi connectivity index (χ1v) is 9.45. The number of ether oxygens (including phenoxy) is 1. The number of aryl methyl sites for hydroxylation is 2. The third kappa shape index (κ3) is 2.83. The predicted octanol–water partition coefficient (Wildman–Crippen LogP) is 4.52. The molecule has 0 atom stereocenters. The van der Waals surface area contributed by atoms with Crippen molar-refractivity contribution < 1.29 is 4.74 Å². The molecule has 0 amide bonds. The third-order valence-electron chi connectivity index (χ3n) is 4.81. The zero-order chi connectivity index (χ0) is 18.1. The van der Waals surface area contributed by atoms with E-state index in [0.717, 1.165) is 46.4 Å². The highest BCUT2D eigenvalue weighted by atomic mass is 32.1. The van der Waals surface area contributed by atoms with Crippen molar-refractivity contribution in [3.8, 4) is 11.8 Å². The summed E-state index contributed by atoms with van der Waals surface area (Å²) in [5, 5.41) is 10.3. The quantitative estimate of drug-likeness (QED) is 0.745. The topological polar surface area (TPSA) is 65.9 Å². The second kappa shape index (κ2) is 6.81. The van der Waals surface area contributed by atoms with Gasteiger partial charge in [0.05, 0.1) is 18.2 Å². The molecule has 1 aromatic carbocycles. The fourth-order valence-corrected chi connectivity index (χ4v) is 4.76. The predicted molar refractivity (Wildman–Crippen MR) is 106 cm³/mol. The van der Waals surface area contributed by atoms with Crippen molar-refractivity contribution >= 4 is 33.7 Å². The zero-order valence-corrected chi connectivity index (χ0v) is 15.3. The molecule has 5 heteroatoms. The Hall–Kier alpha value is -2.84. The maximum Gasteiger partial charge on any atom is 0.208 e. The van der Waals surface area contributed by atoms with E-state index < -0.39 is 0 Å². The molecule has 0 unspecified atom stereocenters. The summed E-state index contributed by atoms with van der Waals surface area (Å²) in [6.07, 6.45) is 7.94. The maximum absolute atomic E-state index is 12.9. The summed E-state index contributed by atoms with van der Waals surface area (Å²) in [6, 6.07) is 9.72. The Morgan fingerprint density at radius 2 is 1.96 bits per heavy atom. The van der Waals surface area contributed by atoms with Gasteiger partial charge in [-0.15, -0.1) is 11.3 Å². The van der Waals surface area contributed by atoms with E-state index in [2.05, 4.69) is 11.1 Å². The number of thiophene rings is 1. The number of nitrogens with zero attached hydrogens (tertiary/aromatic N) is 1. The van der Waals surface area contributed by atoms with E-state index in [-0.39, 0.29) is 11.0 Å². The molecule has 1 N–H and O–H groups in total. The van der Waals surface area contributed by atoms with Gasteiger partial charge in [0, 0.05) is 4.88 Å². The number of rotatable bonds is 3. The van der Waals surface area contributed by atoms with Gasteiger partial charge in [0.25, 0.3) is 0 Å². The fraction of sp³-hybridized carbons (Fsp3) is 0.238. The summed E-state index contributed by atoms with van der Waals surface area (Å²) in [7, 11) is 1.63. The van der Waals surface area contributed by atoms with Crippen LogP contribution in [-0.4, -0.2) is 12.1 Å². The number of fused-ring (bicyclic) bond motifs is 3. The lowest BCUT2D eigenvalue weighted by Crippen LogP contribution is -2.12. The summed E-state index contributed by atoms with van der Waals surface area (Å²) in [4.78, 5) is 18.4. The minimum atomic E-state index is -0.143. The third-order valence-corrected chi connectivity index (χ3v) is 6.02. The molecular weight excluding hydrogens is 344 g/mol. The summed E-state index contributed by atoms with van der Waals surface area (Å²) in [5.41, 5.74) is 2.74. The fourth-order valence-electron chi connectivity index (χ4n) is 3.46. The van der Waals surface area contributed by atoms with Crippen LogP contribution in [0.4, 0.5) is 0 Å². The molecule has 4 nitrogen and oxygen atoms in total. The summed E-state index contributed by atoms with van der Waals surface area (Å²) in [6.45, 7) is 0. The number of hydrogen-bond donors (Lipinski definition) is 1. The number of nitrogens with one attached hydrogen (secondary N) is 1. The summed E-state index contributed by atoms with van der Waals surface area (Å²) >= 11 is 1.66. The van der Waals surface area contributed by atoms with Crippen LogP contribution in [0.3, 0.4) is 0 Å². The van der Waals surface area contributed by atoms with E-state index in [4.69, 9.17) is 4.74 Å². The first kappa shape index (κ1) is 16.6. The van der Waals surface area contributed by atoms with E-state index >= 15 is 0 Å². The first-order valence-electron chi connectivity index (χ1n) is 8.64. The number of nitriles is 1. The standard InChI is InChI=1S/C21H18N2O2S/c1-25-14-9-6-13(7-10-14)8-11-17-16(12-22)20(24)19-15-4-2-3-5-18(15)26-21(19)23-17/h6-11H,2-5H2,1H3,(H,23,24)/b11-8+. The number of H-pyrrole nitrogens is 1. The maximum atomic E-state index is 12.9. The lowest BCUT2D eigenvalue weighted by molar-refractivity contribution is 0.415. The molecule has 1 aliphatic carbocycles. The van der Waals surface area contributed by atoms with E-state index in [1.807, 2.05) is 30.3 Å². The van der Waals surface area contributed by atoms with E-state index in [1.165, 1.54) is 11.3 Å².